The van der Waals surface area contributed by atoms with E-state index in [1.165, 1.54) is 40.7 Å². The van der Waals surface area contributed by atoms with Crippen molar-refractivity contribution in [3.63, 3.8) is 0 Å². The van der Waals surface area contributed by atoms with Crippen LogP contribution in [0.5, 0.6) is 5.75 Å². The highest BCUT2D eigenvalue weighted by Crippen LogP contribution is 2.30. The minimum Gasteiger partial charge on any atom is -0.496 e. The van der Waals surface area contributed by atoms with Crippen molar-refractivity contribution in [2.75, 3.05) is 13.7 Å². The van der Waals surface area contributed by atoms with E-state index in [4.69, 9.17) is 4.74 Å². The average Bonchev–Trinajstić information content (AvgIpc) is 2.78. The molecule has 1 fully saturated rings. The van der Waals surface area contributed by atoms with Crippen molar-refractivity contribution in [1.29, 1.82) is 0 Å². The van der Waals surface area contributed by atoms with Crippen molar-refractivity contribution >= 4 is 0 Å². The topological polar surface area (TPSA) is 33.3 Å². The zero-order valence-electron chi connectivity index (χ0n) is 17.3. The summed E-state index contributed by atoms with van der Waals surface area (Å²) in [4.78, 5) is 0. The minimum atomic E-state index is 0.343. The van der Waals surface area contributed by atoms with Gasteiger partial charge in [0.05, 0.1) is 7.11 Å². The third-order valence-electron chi connectivity index (χ3n) is 5.91. The maximum Gasteiger partial charge on any atom is 0.123 e. The Labute approximate surface area is 174 Å². The zero-order chi connectivity index (χ0) is 20.1. The summed E-state index contributed by atoms with van der Waals surface area (Å²) >= 11 is 0. The summed E-state index contributed by atoms with van der Waals surface area (Å²) in [6.07, 6.45) is 2.37. The molecule has 3 aromatic carbocycles. The van der Waals surface area contributed by atoms with E-state index in [2.05, 4.69) is 90.4 Å². The number of piperidine rings is 1. The van der Waals surface area contributed by atoms with Crippen molar-refractivity contribution in [2.24, 2.45) is 0 Å². The first-order valence-electron chi connectivity index (χ1n) is 10.5. The van der Waals surface area contributed by atoms with Gasteiger partial charge in [0.15, 0.2) is 0 Å². The van der Waals surface area contributed by atoms with Crippen LogP contribution >= 0.6 is 0 Å². The summed E-state index contributed by atoms with van der Waals surface area (Å²) in [5.74, 6) is 0.940. The highest BCUT2D eigenvalue weighted by Gasteiger charge is 2.25. The smallest absolute Gasteiger partial charge is 0.123 e. The van der Waals surface area contributed by atoms with Gasteiger partial charge in [-0.1, -0.05) is 60.7 Å². The van der Waals surface area contributed by atoms with Gasteiger partial charge in [-0.15, -0.1) is 0 Å². The first kappa shape index (κ1) is 19.7. The first-order chi connectivity index (χ1) is 14.3. The highest BCUT2D eigenvalue weighted by molar-refractivity contribution is 5.68. The standard InChI is InChI=1S/C26H30N2O/c1-19-9-6-7-12-23(19)21-14-15-25(29-2)22(17-21)18-28-24-13-8-16-27-26(24)20-10-4-3-5-11-20/h3-7,9-12,14-15,17,24,26-28H,8,13,16,18H2,1-2H3. The molecule has 0 radical (unpaired) electrons. The number of methoxy groups -OCH3 is 1. The molecule has 4 rings (SSSR count). The lowest BCUT2D eigenvalue weighted by Crippen LogP contribution is -2.45. The van der Waals surface area contributed by atoms with Crippen molar-refractivity contribution in [2.45, 2.75) is 38.4 Å². The quantitative estimate of drug-likeness (QED) is 0.607. The molecule has 29 heavy (non-hydrogen) atoms. The van der Waals surface area contributed by atoms with Crippen LogP contribution in [0.3, 0.4) is 0 Å². The van der Waals surface area contributed by atoms with Crippen LogP contribution in [0.1, 0.15) is 35.6 Å². The molecule has 1 saturated heterocycles. The van der Waals surface area contributed by atoms with Crippen molar-refractivity contribution in [1.82, 2.24) is 10.6 Å². The second-order valence-electron chi connectivity index (χ2n) is 7.81. The van der Waals surface area contributed by atoms with E-state index in [0.29, 0.717) is 12.1 Å². The molecule has 3 nitrogen and oxygen atoms in total. The number of benzene rings is 3. The molecule has 1 heterocycles. The van der Waals surface area contributed by atoms with Crippen LogP contribution in [0.4, 0.5) is 0 Å². The molecule has 150 valence electrons. The molecule has 0 saturated carbocycles. The maximum absolute atomic E-state index is 5.66. The van der Waals surface area contributed by atoms with E-state index < -0.39 is 0 Å². The van der Waals surface area contributed by atoms with Crippen molar-refractivity contribution in [3.8, 4) is 16.9 Å². The fraction of sp³-hybridized carbons (Fsp3) is 0.308. The Morgan fingerprint density at radius 1 is 1.00 bits per heavy atom. The Kier molecular flexibility index (Phi) is 6.28. The molecule has 0 amide bonds. The molecule has 1 aliphatic heterocycles. The predicted molar refractivity (Wildman–Crippen MR) is 120 cm³/mol. The number of rotatable bonds is 6. The van der Waals surface area contributed by atoms with Crippen LogP contribution in [0.15, 0.2) is 72.8 Å². The molecule has 0 aliphatic carbocycles. The van der Waals surface area contributed by atoms with Crippen LogP contribution in [0.25, 0.3) is 11.1 Å². The lowest BCUT2D eigenvalue weighted by atomic mass is 9.92. The van der Waals surface area contributed by atoms with Gasteiger partial charge in [0, 0.05) is 24.2 Å². The van der Waals surface area contributed by atoms with Gasteiger partial charge in [-0.05, 0) is 60.7 Å². The SMILES string of the molecule is COc1ccc(-c2ccccc2C)cc1CNC1CCCNC1c1ccccc1. The summed E-state index contributed by atoms with van der Waals surface area (Å²) in [6.45, 7) is 4.03. The van der Waals surface area contributed by atoms with E-state index in [1.54, 1.807) is 7.11 Å². The molecule has 3 aromatic rings. The molecular formula is C26H30N2O. The Morgan fingerprint density at radius 3 is 2.59 bits per heavy atom. The van der Waals surface area contributed by atoms with E-state index >= 15 is 0 Å². The summed E-state index contributed by atoms with van der Waals surface area (Å²) in [5, 5.41) is 7.51. The summed E-state index contributed by atoms with van der Waals surface area (Å²) in [5.41, 5.74) is 6.35. The Hall–Kier alpha value is -2.62. The molecule has 0 bridgehead atoms. The number of aryl methyl sites for hydroxylation is 1. The number of nitrogens with one attached hydrogen (secondary N) is 2. The molecule has 3 heteroatoms. The second kappa shape index (κ2) is 9.25. The van der Waals surface area contributed by atoms with Crippen molar-refractivity contribution in [3.05, 3.63) is 89.5 Å². The normalized spacial score (nSPS) is 19.1. The van der Waals surface area contributed by atoms with E-state index in [0.717, 1.165) is 18.8 Å². The van der Waals surface area contributed by atoms with Gasteiger partial charge in [-0.2, -0.15) is 0 Å². The van der Waals surface area contributed by atoms with Gasteiger partial charge in [-0.3, -0.25) is 0 Å². The fourth-order valence-corrected chi connectivity index (χ4v) is 4.34. The van der Waals surface area contributed by atoms with Crippen LogP contribution in [-0.2, 0) is 6.54 Å². The molecule has 2 unspecified atom stereocenters. The molecule has 0 aromatic heterocycles. The van der Waals surface area contributed by atoms with Gasteiger partial charge in [-0.25, -0.2) is 0 Å². The van der Waals surface area contributed by atoms with Crippen LogP contribution in [0, 0.1) is 6.92 Å². The van der Waals surface area contributed by atoms with Gasteiger partial charge < -0.3 is 15.4 Å². The molecule has 2 atom stereocenters. The van der Waals surface area contributed by atoms with Crippen LogP contribution < -0.4 is 15.4 Å². The highest BCUT2D eigenvalue weighted by atomic mass is 16.5. The largest absolute Gasteiger partial charge is 0.496 e. The maximum atomic E-state index is 5.66. The summed E-state index contributed by atoms with van der Waals surface area (Å²) in [6, 6.07) is 26.6. The molecule has 1 aliphatic rings. The third-order valence-corrected chi connectivity index (χ3v) is 5.91. The van der Waals surface area contributed by atoms with Gasteiger partial charge in [0.25, 0.3) is 0 Å². The van der Waals surface area contributed by atoms with Crippen LogP contribution in [-0.4, -0.2) is 19.7 Å². The van der Waals surface area contributed by atoms with E-state index in [9.17, 15) is 0 Å². The summed E-state index contributed by atoms with van der Waals surface area (Å²) < 4.78 is 5.66. The second-order valence-corrected chi connectivity index (χ2v) is 7.81. The third kappa shape index (κ3) is 4.52. The molecular weight excluding hydrogens is 356 g/mol. The average molecular weight is 387 g/mol. The van der Waals surface area contributed by atoms with E-state index in [1.807, 2.05) is 0 Å². The van der Waals surface area contributed by atoms with Crippen molar-refractivity contribution < 1.29 is 4.74 Å². The fourth-order valence-electron chi connectivity index (χ4n) is 4.34. The van der Waals surface area contributed by atoms with Crippen LogP contribution in [0.2, 0.25) is 0 Å². The Balaban J connectivity index is 1.55. The zero-order valence-corrected chi connectivity index (χ0v) is 17.3. The Bertz CT molecular complexity index is 938. The van der Waals surface area contributed by atoms with Gasteiger partial charge in [0.2, 0.25) is 0 Å². The lowest BCUT2D eigenvalue weighted by Gasteiger charge is -2.34. The number of hydrogen-bond donors (Lipinski definition) is 2. The summed E-state index contributed by atoms with van der Waals surface area (Å²) in [7, 11) is 1.75. The number of hydrogen-bond acceptors (Lipinski definition) is 3. The molecule has 0 spiro atoms. The Morgan fingerprint density at radius 2 is 1.79 bits per heavy atom. The molecule has 2 N–H and O–H groups in total. The number of ether oxygens (including phenoxy) is 1. The first-order valence-corrected chi connectivity index (χ1v) is 10.5. The predicted octanol–water partition coefficient (Wildman–Crippen LogP) is 5.25. The van der Waals surface area contributed by atoms with E-state index in [-0.39, 0.29) is 0 Å². The van der Waals surface area contributed by atoms with Gasteiger partial charge in [0.1, 0.15) is 5.75 Å². The monoisotopic (exact) mass is 386 g/mol. The minimum absolute atomic E-state index is 0.343. The van der Waals surface area contributed by atoms with Gasteiger partial charge >= 0.3 is 0 Å². The lowest BCUT2D eigenvalue weighted by molar-refractivity contribution is 0.303.